The average Bonchev–Trinajstić information content (AvgIpc) is 2.56. The first-order valence-electron chi connectivity index (χ1n) is 6.44. The molecule has 1 aromatic rings. The normalized spacial score (nSPS) is 17.3. The number of hydrogen-bond acceptors (Lipinski definition) is 4. The van der Waals surface area contributed by atoms with Gasteiger partial charge in [-0.25, -0.2) is 9.97 Å². The van der Waals surface area contributed by atoms with E-state index in [0.717, 1.165) is 36.3 Å². The summed E-state index contributed by atoms with van der Waals surface area (Å²) < 4.78 is 5.38. The van der Waals surface area contributed by atoms with Crippen molar-refractivity contribution in [3.05, 3.63) is 17.1 Å². The van der Waals surface area contributed by atoms with Crippen LogP contribution >= 0.6 is 0 Å². The van der Waals surface area contributed by atoms with Gasteiger partial charge < -0.3 is 10.5 Å². The van der Waals surface area contributed by atoms with Gasteiger partial charge in [-0.15, -0.1) is 0 Å². The van der Waals surface area contributed by atoms with E-state index in [-0.39, 0.29) is 6.10 Å². The molecule has 1 aliphatic carbocycles. The molecule has 1 aliphatic rings. The SMILES string of the molecule is CCC(OC)c1nc(N)c2c(n1)CCCCC2. The summed E-state index contributed by atoms with van der Waals surface area (Å²) in [5.41, 5.74) is 8.36. The van der Waals surface area contributed by atoms with Crippen molar-refractivity contribution in [3.63, 3.8) is 0 Å². The number of nitrogens with zero attached hydrogens (tertiary/aromatic N) is 2. The number of hydrogen-bond donors (Lipinski definition) is 1. The van der Waals surface area contributed by atoms with Crippen molar-refractivity contribution in [3.8, 4) is 0 Å². The fourth-order valence-electron chi connectivity index (χ4n) is 2.42. The van der Waals surface area contributed by atoms with E-state index in [1.54, 1.807) is 7.11 Å². The van der Waals surface area contributed by atoms with Gasteiger partial charge in [0.05, 0.1) is 0 Å². The number of anilines is 1. The number of nitrogens with two attached hydrogens (primary N) is 1. The Balaban J connectivity index is 2.38. The summed E-state index contributed by atoms with van der Waals surface area (Å²) in [5, 5.41) is 0. The molecule has 4 nitrogen and oxygen atoms in total. The molecule has 4 heteroatoms. The molecule has 1 heterocycles. The van der Waals surface area contributed by atoms with Crippen LogP contribution in [0.5, 0.6) is 0 Å². The predicted octanol–water partition coefficient (Wildman–Crippen LogP) is 2.43. The maximum Gasteiger partial charge on any atom is 0.159 e. The molecule has 0 amide bonds. The Kier molecular flexibility index (Phi) is 3.94. The van der Waals surface area contributed by atoms with Crippen LogP contribution in [0, 0.1) is 0 Å². The first-order valence-corrected chi connectivity index (χ1v) is 6.44. The number of nitrogen functional groups attached to an aromatic ring is 1. The Bertz CT molecular complexity index is 388. The monoisotopic (exact) mass is 235 g/mol. The Hall–Kier alpha value is -1.16. The number of fused-ring (bicyclic) bond motifs is 1. The van der Waals surface area contributed by atoms with Crippen molar-refractivity contribution in [2.24, 2.45) is 0 Å². The largest absolute Gasteiger partial charge is 0.383 e. The lowest BCUT2D eigenvalue weighted by Gasteiger charge is -2.15. The molecule has 2 rings (SSSR count). The van der Waals surface area contributed by atoms with Crippen LogP contribution < -0.4 is 5.73 Å². The molecule has 0 fully saturated rings. The minimum absolute atomic E-state index is 0.0362. The lowest BCUT2D eigenvalue weighted by atomic mass is 10.1. The Morgan fingerprint density at radius 3 is 2.71 bits per heavy atom. The second-order valence-corrected chi connectivity index (χ2v) is 4.59. The summed E-state index contributed by atoms with van der Waals surface area (Å²) in [7, 11) is 1.69. The first-order chi connectivity index (χ1) is 8.26. The molecular weight excluding hydrogens is 214 g/mol. The average molecular weight is 235 g/mol. The molecule has 0 spiro atoms. The Labute approximate surface area is 103 Å². The highest BCUT2D eigenvalue weighted by atomic mass is 16.5. The summed E-state index contributed by atoms with van der Waals surface area (Å²) >= 11 is 0. The molecule has 2 N–H and O–H groups in total. The molecule has 0 bridgehead atoms. The minimum Gasteiger partial charge on any atom is -0.383 e. The summed E-state index contributed by atoms with van der Waals surface area (Å²) in [6, 6.07) is 0. The van der Waals surface area contributed by atoms with Crippen molar-refractivity contribution < 1.29 is 4.74 Å². The fourth-order valence-corrected chi connectivity index (χ4v) is 2.42. The van der Waals surface area contributed by atoms with Crippen molar-refractivity contribution in [2.75, 3.05) is 12.8 Å². The van der Waals surface area contributed by atoms with Crippen LogP contribution in [0.4, 0.5) is 5.82 Å². The quantitative estimate of drug-likeness (QED) is 0.817. The molecule has 0 aliphatic heterocycles. The maximum absolute atomic E-state index is 6.05. The molecule has 1 atom stereocenters. The van der Waals surface area contributed by atoms with Gasteiger partial charge in [0.25, 0.3) is 0 Å². The fraction of sp³-hybridized carbons (Fsp3) is 0.692. The van der Waals surface area contributed by atoms with Crippen LogP contribution in [0.15, 0.2) is 0 Å². The second-order valence-electron chi connectivity index (χ2n) is 4.59. The zero-order chi connectivity index (χ0) is 12.3. The highest BCUT2D eigenvalue weighted by Crippen LogP contribution is 2.26. The predicted molar refractivity (Wildman–Crippen MR) is 67.7 cm³/mol. The van der Waals surface area contributed by atoms with E-state index in [2.05, 4.69) is 16.9 Å². The van der Waals surface area contributed by atoms with E-state index < -0.39 is 0 Å². The van der Waals surface area contributed by atoms with Crippen molar-refractivity contribution in [1.29, 1.82) is 0 Å². The number of aromatic nitrogens is 2. The van der Waals surface area contributed by atoms with Gasteiger partial charge in [0, 0.05) is 18.4 Å². The standard InChI is InChI=1S/C13H21N3O/c1-3-11(17-2)13-15-10-8-6-4-5-7-9(10)12(14)16-13/h11H,3-8H2,1-2H3,(H2,14,15,16). The summed E-state index contributed by atoms with van der Waals surface area (Å²) in [4.78, 5) is 9.07. The summed E-state index contributed by atoms with van der Waals surface area (Å²) in [6.45, 7) is 2.07. The van der Waals surface area contributed by atoms with Gasteiger partial charge in [-0.2, -0.15) is 0 Å². The minimum atomic E-state index is -0.0362. The molecule has 0 saturated carbocycles. The Morgan fingerprint density at radius 1 is 1.24 bits per heavy atom. The van der Waals surface area contributed by atoms with Crippen LogP contribution in [0.3, 0.4) is 0 Å². The van der Waals surface area contributed by atoms with Gasteiger partial charge in [-0.1, -0.05) is 13.3 Å². The van der Waals surface area contributed by atoms with Crippen LogP contribution in [0.2, 0.25) is 0 Å². The van der Waals surface area contributed by atoms with Crippen LogP contribution in [0.25, 0.3) is 0 Å². The van der Waals surface area contributed by atoms with E-state index in [0.29, 0.717) is 5.82 Å². The number of methoxy groups -OCH3 is 1. The lowest BCUT2D eigenvalue weighted by molar-refractivity contribution is 0.0925. The molecule has 0 saturated heterocycles. The van der Waals surface area contributed by atoms with Gasteiger partial charge in [0.1, 0.15) is 11.9 Å². The van der Waals surface area contributed by atoms with Crippen molar-refractivity contribution in [1.82, 2.24) is 9.97 Å². The zero-order valence-corrected chi connectivity index (χ0v) is 10.7. The number of ether oxygens (including phenoxy) is 1. The molecule has 17 heavy (non-hydrogen) atoms. The van der Waals surface area contributed by atoms with E-state index in [1.807, 2.05) is 0 Å². The molecule has 0 radical (unpaired) electrons. The van der Waals surface area contributed by atoms with Gasteiger partial charge >= 0.3 is 0 Å². The number of aryl methyl sites for hydroxylation is 1. The molecular formula is C13H21N3O. The highest BCUT2D eigenvalue weighted by molar-refractivity contribution is 5.43. The third kappa shape index (κ3) is 2.57. The third-order valence-corrected chi connectivity index (χ3v) is 3.43. The van der Waals surface area contributed by atoms with Gasteiger partial charge in [-0.3, -0.25) is 0 Å². The lowest BCUT2D eigenvalue weighted by Crippen LogP contribution is -2.12. The first kappa shape index (κ1) is 12.3. The highest BCUT2D eigenvalue weighted by Gasteiger charge is 2.18. The van der Waals surface area contributed by atoms with Crippen molar-refractivity contribution >= 4 is 5.82 Å². The smallest absolute Gasteiger partial charge is 0.159 e. The van der Waals surface area contributed by atoms with Gasteiger partial charge in [0.2, 0.25) is 0 Å². The third-order valence-electron chi connectivity index (χ3n) is 3.43. The number of rotatable bonds is 3. The van der Waals surface area contributed by atoms with Gasteiger partial charge in [0.15, 0.2) is 5.82 Å². The molecule has 0 aromatic carbocycles. The van der Waals surface area contributed by atoms with Crippen LogP contribution in [0.1, 0.15) is 55.8 Å². The van der Waals surface area contributed by atoms with E-state index in [9.17, 15) is 0 Å². The Morgan fingerprint density at radius 2 is 2.00 bits per heavy atom. The van der Waals surface area contributed by atoms with Crippen LogP contribution in [-0.2, 0) is 17.6 Å². The summed E-state index contributed by atoms with van der Waals surface area (Å²) in [5.74, 6) is 1.40. The molecule has 94 valence electrons. The molecule has 1 unspecified atom stereocenters. The van der Waals surface area contributed by atoms with E-state index in [1.165, 1.54) is 19.3 Å². The summed E-state index contributed by atoms with van der Waals surface area (Å²) in [6.07, 6.45) is 6.53. The second kappa shape index (κ2) is 5.45. The zero-order valence-electron chi connectivity index (χ0n) is 10.7. The van der Waals surface area contributed by atoms with E-state index >= 15 is 0 Å². The maximum atomic E-state index is 6.05. The van der Waals surface area contributed by atoms with Crippen LogP contribution in [-0.4, -0.2) is 17.1 Å². The van der Waals surface area contributed by atoms with Gasteiger partial charge in [-0.05, 0) is 32.1 Å². The topological polar surface area (TPSA) is 61.0 Å². The molecule has 1 aromatic heterocycles. The van der Waals surface area contributed by atoms with Crippen molar-refractivity contribution in [2.45, 2.75) is 51.6 Å². The van der Waals surface area contributed by atoms with E-state index in [4.69, 9.17) is 10.5 Å².